The Morgan fingerprint density at radius 2 is 1.91 bits per heavy atom. The second kappa shape index (κ2) is 8.66. The van der Waals surface area contributed by atoms with Crippen LogP contribution < -0.4 is 0 Å². The third-order valence-corrected chi connectivity index (χ3v) is 5.52. The van der Waals surface area contributed by atoms with Gasteiger partial charge in [-0.1, -0.05) is 12.1 Å². The summed E-state index contributed by atoms with van der Waals surface area (Å²) in [5, 5.41) is -0.549. The maximum absolute atomic E-state index is 12.9. The van der Waals surface area contributed by atoms with E-state index in [4.69, 9.17) is 8.83 Å². The smallest absolute Gasteiger partial charge is 0.416 e. The minimum absolute atomic E-state index is 0.0623. The van der Waals surface area contributed by atoms with E-state index in [0.29, 0.717) is 11.8 Å². The van der Waals surface area contributed by atoms with Gasteiger partial charge in [0.15, 0.2) is 0 Å². The Kier molecular flexibility index (Phi) is 5.90. The number of furan rings is 2. The number of hydrogen-bond donors (Lipinski definition) is 0. The maximum Gasteiger partial charge on any atom is 0.416 e. The number of carbonyl (C=O) groups is 3. The largest absolute Gasteiger partial charge is 0.463 e. The molecular weight excluding hydrogens is 463 g/mol. The molecule has 0 unspecified atom stereocenters. The van der Waals surface area contributed by atoms with Crippen molar-refractivity contribution in [1.82, 2.24) is 4.90 Å². The lowest BCUT2D eigenvalue weighted by molar-refractivity contribution is -0.137. The molecule has 11 heteroatoms. The van der Waals surface area contributed by atoms with Gasteiger partial charge in [-0.15, -0.1) is 0 Å². The molecule has 0 radical (unpaired) electrons. The van der Waals surface area contributed by atoms with Crippen molar-refractivity contribution in [2.24, 2.45) is 0 Å². The molecule has 1 aromatic carbocycles. The van der Waals surface area contributed by atoms with Crippen LogP contribution in [-0.2, 0) is 22.3 Å². The van der Waals surface area contributed by atoms with Crippen molar-refractivity contribution in [3.8, 4) is 11.3 Å². The molecule has 2 aromatic heterocycles. The second-order valence-electron chi connectivity index (χ2n) is 6.81. The maximum atomic E-state index is 12.9. The van der Waals surface area contributed by atoms with E-state index >= 15 is 0 Å². The predicted octanol–water partition coefficient (Wildman–Crippen LogP) is 5.58. The van der Waals surface area contributed by atoms with Crippen LogP contribution in [0.4, 0.5) is 18.0 Å². The fourth-order valence-corrected chi connectivity index (χ4v) is 3.85. The van der Waals surface area contributed by atoms with Gasteiger partial charge in [0.05, 0.1) is 24.1 Å². The van der Waals surface area contributed by atoms with Gasteiger partial charge in [0.25, 0.3) is 11.1 Å². The van der Waals surface area contributed by atoms with Crippen LogP contribution in [0.3, 0.4) is 0 Å². The fourth-order valence-electron chi connectivity index (χ4n) is 3.03. The molecule has 33 heavy (non-hydrogen) atoms. The van der Waals surface area contributed by atoms with Crippen molar-refractivity contribution in [3.05, 3.63) is 76.3 Å². The van der Waals surface area contributed by atoms with Crippen LogP contribution in [-0.4, -0.2) is 29.1 Å². The number of nitrogens with zero attached hydrogens (tertiary/aromatic N) is 1. The van der Waals surface area contributed by atoms with Crippen LogP contribution in [0, 0.1) is 0 Å². The standard InChI is InChI=1S/C22H14F3NO6S/c1-30-20(28)17-8-6-15(32-17)11-26-19(27)18(33-21(26)29)10-14-5-7-16(31-14)12-3-2-4-13(9-12)22(23,24)25/h2-10H,11H2,1H3/b18-10+. The van der Waals surface area contributed by atoms with Crippen LogP contribution in [0.5, 0.6) is 0 Å². The van der Waals surface area contributed by atoms with E-state index in [1.54, 1.807) is 0 Å². The van der Waals surface area contributed by atoms with Crippen LogP contribution in [0.15, 0.2) is 62.3 Å². The van der Waals surface area contributed by atoms with Crippen molar-refractivity contribution in [2.75, 3.05) is 7.11 Å². The molecule has 0 aliphatic carbocycles. The molecule has 3 aromatic rings. The van der Waals surface area contributed by atoms with Crippen LogP contribution >= 0.6 is 11.8 Å². The minimum atomic E-state index is -4.49. The number of halogens is 3. The zero-order chi connectivity index (χ0) is 23.8. The molecule has 1 fully saturated rings. The minimum Gasteiger partial charge on any atom is -0.463 e. The monoisotopic (exact) mass is 477 g/mol. The number of carbonyl (C=O) groups excluding carboxylic acids is 3. The Hall–Kier alpha value is -3.73. The Balaban J connectivity index is 1.51. The van der Waals surface area contributed by atoms with E-state index < -0.39 is 28.9 Å². The van der Waals surface area contributed by atoms with Gasteiger partial charge in [-0.25, -0.2) is 4.79 Å². The van der Waals surface area contributed by atoms with Gasteiger partial charge in [-0.05, 0) is 48.2 Å². The first-order valence-corrected chi connectivity index (χ1v) is 10.2. The highest BCUT2D eigenvalue weighted by molar-refractivity contribution is 8.18. The van der Waals surface area contributed by atoms with Gasteiger partial charge in [0.2, 0.25) is 5.76 Å². The average molecular weight is 477 g/mol. The molecule has 3 heterocycles. The quantitative estimate of drug-likeness (QED) is 0.350. The second-order valence-corrected chi connectivity index (χ2v) is 7.80. The predicted molar refractivity (Wildman–Crippen MR) is 111 cm³/mol. The Labute approximate surface area is 188 Å². The van der Waals surface area contributed by atoms with E-state index in [9.17, 15) is 27.6 Å². The number of benzene rings is 1. The summed E-state index contributed by atoms with van der Waals surface area (Å²) < 4.78 is 54.2. The van der Waals surface area contributed by atoms with E-state index in [2.05, 4.69) is 4.74 Å². The van der Waals surface area contributed by atoms with Gasteiger partial charge in [-0.3, -0.25) is 14.5 Å². The highest BCUT2D eigenvalue weighted by Gasteiger charge is 2.36. The summed E-state index contributed by atoms with van der Waals surface area (Å²) in [7, 11) is 1.19. The summed E-state index contributed by atoms with van der Waals surface area (Å²) in [5.41, 5.74) is -0.593. The average Bonchev–Trinajstić information content (AvgIpc) is 3.50. The Morgan fingerprint density at radius 1 is 1.12 bits per heavy atom. The summed E-state index contributed by atoms with van der Waals surface area (Å²) >= 11 is 0.681. The third kappa shape index (κ3) is 4.72. The molecule has 2 amide bonds. The van der Waals surface area contributed by atoms with Gasteiger partial charge in [-0.2, -0.15) is 13.2 Å². The highest BCUT2D eigenvalue weighted by atomic mass is 32.2. The molecule has 1 aliphatic rings. The van der Waals surface area contributed by atoms with Crippen LogP contribution in [0.1, 0.15) is 27.6 Å². The van der Waals surface area contributed by atoms with Crippen LogP contribution in [0.25, 0.3) is 17.4 Å². The van der Waals surface area contributed by atoms with Crippen molar-refractivity contribution >= 4 is 35.0 Å². The van der Waals surface area contributed by atoms with Gasteiger partial charge >= 0.3 is 12.1 Å². The number of hydrogen-bond acceptors (Lipinski definition) is 7. The van der Waals surface area contributed by atoms with Crippen molar-refractivity contribution in [3.63, 3.8) is 0 Å². The van der Waals surface area contributed by atoms with E-state index in [0.717, 1.165) is 17.0 Å². The zero-order valence-electron chi connectivity index (χ0n) is 16.8. The summed E-state index contributed by atoms with van der Waals surface area (Å²) in [6.07, 6.45) is -3.15. The summed E-state index contributed by atoms with van der Waals surface area (Å²) in [6, 6.07) is 10.4. The number of alkyl halides is 3. The van der Waals surface area contributed by atoms with Gasteiger partial charge < -0.3 is 13.6 Å². The summed E-state index contributed by atoms with van der Waals surface area (Å²) in [4.78, 5) is 37.5. The molecule has 7 nitrogen and oxygen atoms in total. The molecule has 1 saturated heterocycles. The van der Waals surface area contributed by atoms with Crippen LogP contribution in [0.2, 0.25) is 0 Å². The summed E-state index contributed by atoms with van der Waals surface area (Å²) in [6.45, 7) is -0.188. The molecular formula is C22H14F3NO6S. The first-order chi connectivity index (χ1) is 15.7. The van der Waals surface area contributed by atoms with Crippen molar-refractivity contribution < 1.29 is 41.1 Å². The molecule has 4 rings (SSSR count). The fraction of sp³-hybridized carbons (Fsp3) is 0.136. The molecule has 0 spiro atoms. The number of thioether (sulfide) groups is 1. The molecule has 1 aliphatic heterocycles. The Morgan fingerprint density at radius 3 is 2.64 bits per heavy atom. The number of imide groups is 1. The van der Waals surface area contributed by atoms with Gasteiger partial charge in [0, 0.05) is 11.6 Å². The zero-order valence-corrected chi connectivity index (χ0v) is 17.7. The number of methoxy groups -OCH3 is 1. The number of esters is 1. The first-order valence-electron chi connectivity index (χ1n) is 9.35. The molecule has 0 saturated carbocycles. The third-order valence-electron chi connectivity index (χ3n) is 4.61. The van der Waals surface area contributed by atoms with Crippen molar-refractivity contribution in [1.29, 1.82) is 0 Å². The summed E-state index contributed by atoms with van der Waals surface area (Å²) in [5.74, 6) is -0.768. The Bertz CT molecular complexity index is 1270. The number of rotatable bonds is 5. The van der Waals surface area contributed by atoms with E-state index in [1.165, 1.54) is 49.6 Å². The molecule has 0 N–H and O–H groups in total. The SMILES string of the molecule is COC(=O)c1ccc(CN2C(=O)S/C(=C/c3ccc(-c4cccc(C(F)(F)F)c4)o3)C2=O)o1. The molecule has 0 atom stereocenters. The molecule has 170 valence electrons. The molecule has 0 bridgehead atoms. The lowest BCUT2D eigenvalue weighted by Crippen LogP contribution is -2.27. The number of ether oxygens (including phenoxy) is 1. The lowest BCUT2D eigenvalue weighted by Gasteiger charge is -2.09. The highest BCUT2D eigenvalue weighted by Crippen LogP contribution is 2.36. The van der Waals surface area contributed by atoms with E-state index in [-0.39, 0.29) is 40.1 Å². The van der Waals surface area contributed by atoms with Gasteiger partial charge in [0.1, 0.15) is 17.3 Å². The normalized spacial score (nSPS) is 15.5. The van der Waals surface area contributed by atoms with E-state index in [1.807, 2.05) is 0 Å². The first kappa shape index (κ1) is 22.5. The number of amides is 2. The topological polar surface area (TPSA) is 90.0 Å². The van der Waals surface area contributed by atoms with Crippen molar-refractivity contribution in [2.45, 2.75) is 12.7 Å². The lowest BCUT2D eigenvalue weighted by atomic mass is 10.1.